The van der Waals surface area contributed by atoms with E-state index in [1.54, 1.807) is 4.90 Å². The van der Waals surface area contributed by atoms with E-state index >= 15 is 0 Å². The summed E-state index contributed by atoms with van der Waals surface area (Å²) in [6, 6.07) is 13.1. The highest BCUT2D eigenvalue weighted by Gasteiger charge is 2.22. The van der Waals surface area contributed by atoms with Crippen LogP contribution >= 0.6 is 23.7 Å². The SMILES string of the molecule is CN(C)CCN(C(=O)COc1ccccc1)c1nc2cc3c(cc2s1)OCO3.Cl. The number of hydrogen-bond acceptors (Lipinski definition) is 7. The van der Waals surface area contributed by atoms with Crippen LogP contribution in [0.3, 0.4) is 0 Å². The van der Waals surface area contributed by atoms with E-state index in [2.05, 4.69) is 4.98 Å². The standard InChI is InChI=1S/C20H21N3O4S.ClH/c1-22(2)8-9-23(19(24)12-25-14-6-4-3-5-7-14)20-21-15-10-16-17(27-13-26-16)11-18(15)28-20;/h3-7,10-11H,8-9,12-13H2,1-2H3;1H. The molecule has 3 aromatic rings. The first kappa shape index (κ1) is 21.2. The molecule has 1 aliphatic rings. The molecule has 2 aromatic carbocycles. The number of benzene rings is 2. The molecule has 1 amide bonds. The van der Waals surface area contributed by atoms with Crippen molar-refractivity contribution in [2.75, 3.05) is 45.5 Å². The first-order valence-corrected chi connectivity index (χ1v) is 9.75. The van der Waals surface area contributed by atoms with E-state index in [4.69, 9.17) is 14.2 Å². The van der Waals surface area contributed by atoms with Crippen LogP contribution in [-0.2, 0) is 4.79 Å². The molecule has 0 saturated heterocycles. The van der Waals surface area contributed by atoms with E-state index in [0.29, 0.717) is 28.9 Å². The van der Waals surface area contributed by atoms with Crippen molar-refractivity contribution in [3.63, 3.8) is 0 Å². The number of ether oxygens (including phenoxy) is 3. The summed E-state index contributed by atoms with van der Waals surface area (Å²) in [5, 5.41) is 0.641. The summed E-state index contributed by atoms with van der Waals surface area (Å²) in [6.45, 7) is 1.42. The third-order valence-electron chi connectivity index (χ3n) is 4.28. The topological polar surface area (TPSA) is 64.1 Å². The second kappa shape index (κ2) is 9.30. The van der Waals surface area contributed by atoms with Crippen LogP contribution in [0.25, 0.3) is 10.2 Å². The lowest BCUT2D eigenvalue weighted by atomic mass is 10.3. The molecule has 2 heterocycles. The lowest BCUT2D eigenvalue weighted by Crippen LogP contribution is -2.39. The van der Waals surface area contributed by atoms with Gasteiger partial charge in [0.05, 0.1) is 10.2 Å². The van der Waals surface area contributed by atoms with Gasteiger partial charge in [-0.1, -0.05) is 29.5 Å². The van der Waals surface area contributed by atoms with Gasteiger partial charge in [0.25, 0.3) is 5.91 Å². The van der Waals surface area contributed by atoms with Gasteiger partial charge in [-0.05, 0) is 26.2 Å². The van der Waals surface area contributed by atoms with Crippen molar-refractivity contribution in [2.45, 2.75) is 0 Å². The van der Waals surface area contributed by atoms with Crippen LogP contribution in [0.4, 0.5) is 5.13 Å². The molecule has 1 aliphatic heterocycles. The highest BCUT2D eigenvalue weighted by atomic mass is 35.5. The largest absolute Gasteiger partial charge is 0.484 e. The molecule has 0 bridgehead atoms. The maximum Gasteiger partial charge on any atom is 0.266 e. The summed E-state index contributed by atoms with van der Waals surface area (Å²) in [5.74, 6) is 1.92. The van der Waals surface area contributed by atoms with Crippen molar-refractivity contribution in [1.82, 2.24) is 9.88 Å². The molecule has 0 unspecified atom stereocenters. The van der Waals surface area contributed by atoms with Crippen LogP contribution in [0, 0.1) is 0 Å². The average molecular weight is 436 g/mol. The Balaban J connectivity index is 0.00000240. The number of rotatable bonds is 7. The number of aromatic nitrogens is 1. The molecule has 0 radical (unpaired) electrons. The molecule has 154 valence electrons. The van der Waals surface area contributed by atoms with Gasteiger partial charge in [-0.3, -0.25) is 9.69 Å². The molecule has 9 heteroatoms. The fourth-order valence-electron chi connectivity index (χ4n) is 2.79. The van der Waals surface area contributed by atoms with Crippen molar-refractivity contribution < 1.29 is 19.0 Å². The molecule has 4 rings (SSSR count). The number of para-hydroxylation sites is 1. The smallest absolute Gasteiger partial charge is 0.266 e. The van der Waals surface area contributed by atoms with Crippen molar-refractivity contribution in [3.05, 3.63) is 42.5 Å². The monoisotopic (exact) mass is 435 g/mol. The molecule has 29 heavy (non-hydrogen) atoms. The van der Waals surface area contributed by atoms with E-state index in [1.807, 2.05) is 61.5 Å². The second-order valence-electron chi connectivity index (χ2n) is 6.62. The summed E-state index contributed by atoms with van der Waals surface area (Å²) >= 11 is 1.46. The first-order valence-electron chi connectivity index (χ1n) is 8.93. The van der Waals surface area contributed by atoms with Crippen molar-refractivity contribution in [2.24, 2.45) is 0 Å². The van der Waals surface area contributed by atoms with E-state index < -0.39 is 0 Å². The zero-order valence-electron chi connectivity index (χ0n) is 16.2. The number of amides is 1. The van der Waals surface area contributed by atoms with Crippen molar-refractivity contribution >= 4 is 45.0 Å². The Hall–Kier alpha value is -2.55. The quantitative estimate of drug-likeness (QED) is 0.566. The van der Waals surface area contributed by atoms with Crippen LogP contribution < -0.4 is 19.1 Å². The van der Waals surface area contributed by atoms with E-state index in [9.17, 15) is 4.79 Å². The Morgan fingerprint density at radius 3 is 2.59 bits per heavy atom. The predicted octanol–water partition coefficient (Wildman–Crippen LogP) is 3.42. The molecule has 0 saturated carbocycles. The third-order valence-corrected chi connectivity index (χ3v) is 5.32. The zero-order valence-corrected chi connectivity index (χ0v) is 17.8. The Labute approximate surface area is 179 Å². The second-order valence-corrected chi connectivity index (χ2v) is 7.63. The van der Waals surface area contributed by atoms with Crippen LogP contribution in [0.2, 0.25) is 0 Å². The van der Waals surface area contributed by atoms with Crippen LogP contribution in [0.5, 0.6) is 17.2 Å². The average Bonchev–Trinajstić information content (AvgIpc) is 3.30. The maximum atomic E-state index is 12.9. The Morgan fingerprint density at radius 2 is 1.86 bits per heavy atom. The highest BCUT2D eigenvalue weighted by molar-refractivity contribution is 7.22. The number of carbonyl (C=O) groups excluding carboxylic acids is 1. The molecule has 0 N–H and O–H groups in total. The van der Waals surface area contributed by atoms with Gasteiger partial charge in [0, 0.05) is 25.2 Å². The number of anilines is 1. The molecule has 0 aliphatic carbocycles. The van der Waals surface area contributed by atoms with E-state index in [0.717, 1.165) is 16.8 Å². The Kier molecular flexibility index (Phi) is 6.79. The maximum absolute atomic E-state index is 12.9. The number of hydrogen-bond donors (Lipinski definition) is 0. The van der Waals surface area contributed by atoms with Gasteiger partial charge in [0.1, 0.15) is 5.75 Å². The highest BCUT2D eigenvalue weighted by Crippen LogP contribution is 2.39. The fourth-order valence-corrected chi connectivity index (χ4v) is 3.81. The summed E-state index contributed by atoms with van der Waals surface area (Å²) in [6.07, 6.45) is 0. The number of likely N-dealkylation sites (N-methyl/N-ethyl adjacent to an activating group) is 1. The van der Waals surface area contributed by atoms with Gasteiger partial charge in [-0.25, -0.2) is 4.98 Å². The third kappa shape index (κ3) is 4.90. The first-order chi connectivity index (χ1) is 13.6. The minimum atomic E-state index is -0.134. The summed E-state index contributed by atoms with van der Waals surface area (Å²) in [5.41, 5.74) is 0.788. The predicted molar refractivity (Wildman–Crippen MR) is 116 cm³/mol. The van der Waals surface area contributed by atoms with E-state index in [-0.39, 0.29) is 31.7 Å². The zero-order chi connectivity index (χ0) is 19.5. The Morgan fingerprint density at radius 1 is 1.14 bits per heavy atom. The van der Waals surface area contributed by atoms with Gasteiger partial charge < -0.3 is 19.1 Å². The molecule has 7 nitrogen and oxygen atoms in total. The van der Waals surface area contributed by atoms with Crippen LogP contribution in [0.1, 0.15) is 0 Å². The lowest BCUT2D eigenvalue weighted by Gasteiger charge is -2.22. The van der Waals surface area contributed by atoms with Gasteiger partial charge in [0.15, 0.2) is 23.2 Å². The van der Waals surface area contributed by atoms with Crippen LogP contribution in [0.15, 0.2) is 42.5 Å². The minimum absolute atomic E-state index is 0. The molecular formula is C20H22ClN3O4S. The van der Waals surface area contributed by atoms with Gasteiger partial charge in [-0.15, -0.1) is 12.4 Å². The molecule has 1 aromatic heterocycles. The van der Waals surface area contributed by atoms with Gasteiger partial charge in [-0.2, -0.15) is 0 Å². The minimum Gasteiger partial charge on any atom is -0.484 e. The van der Waals surface area contributed by atoms with Gasteiger partial charge in [0.2, 0.25) is 6.79 Å². The summed E-state index contributed by atoms with van der Waals surface area (Å²) in [4.78, 5) is 21.3. The molecular weight excluding hydrogens is 414 g/mol. The molecule has 0 atom stereocenters. The summed E-state index contributed by atoms with van der Waals surface area (Å²) < 4.78 is 17.5. The summed E-state index contributed by atoms with van der Waals surface area (Å²) in [7, 11) is 3.95. The number of halogens is 1. The molecule has 0 spiro atoms. The van der Waals surface area contributed by atoms with Gasteiger partial charge >= 0.3 is 0 Å². The van der Waals surface area contributed by atoms with Crippen LogP contribution in [-0.4, -0.2) is 56.4 Å². The van der Waals surface area contributed by atoms with E-state index in [1.165, 1.54) is 11.3 Å². The number of fused-ring (bicyclic) bond motifs is 2. The van der Waals surface area contributed by atoms with Crippen molar-refractivity contribution in [3.8, 4) is 17.2 Å². The normalized spacial score (nSPS) is 12.1. The fraction of sp³-hybridized carbons (Fsp3) is 0.300. The number of carbonyl (C=O) groups is 1. The van der Waals surface area contributed by atoms with Crippen molar-refractivity contribution in [1.29, 1.82) is 0 Å². The molecule has 0 fully saturated rings. The lowest BCUT2D eigenvalue weighted by molar-refractivity contribution is -0.120. The Bertz CT molecular complexity index is 940. The number of thiazole rings is 1. The number of nitrogens with zero attached hydrogens (tertiary/aromatic N) is 3.